The molecular formula is C21H25ClFN5O3. The molecule has 0 unspecified atom stereocenters. The van der Waals surface area contributed by atoms with Crippen LogP contribution in [0.3, 0.4) is 0 Å². The summed E-state index contributed by atoms with van der Waals surface area (Å²) in [6, 6.07) is 3.39. The Kier molecular flexibility index (Phi) is 6.35. The van der Waals surface area contributed by atoms with Crippen molar-refractivity contribution in [1.29, 1.82) is 0 Å². The van der Waals surface area contributed by atoms with Crippen molar-refractivity contribution in [3.05, 3.63) is 35.4 Å². The predicted octanol–water partition coefficient (Wildman–Crippen LogP) is 3.02. The summed E-state index contributed by atoms with van der Waals surface area (Å²) in [5.41, 5.74) is 8.17. The molecule has 166 valence electrons. The van der Waals surface area contributed by atoms with Crippen molar-refractivity contribution in [1.82, 2.24) is 9.38 Å². The van der Waals surface area contributed by atoms with Gasteiger partial charge in [-0.15, -0.1) is 0 Å². The van der Waals surface area contributed by atoms with E-state index in [0.717, 1.165) is 0 Å². The molecule has 1 fully saturated rings. The highest BCUT2D eigenvalue weighted by Crippen LogP contribution is 2.39. The average Bonchev–Trinajstić information content (AvgIpc) is 3.22. The molecule has 2 aromatic heterocycles. The molecule has 1 aliphatic heterocycles. The highest BCUT2D eigenvalue weighted by Gasteiger charge is 2.24. The van der Waals surface area contributed by atoms with Crippen LogP contribution in [-0.4, -0.2) is 63.0 Å². The van der Waals surface area contributed by atoms with Crippen molar-refractivity contribution in [3.8, 4) is 22.8 Å². The molecule has 0 amide bonds. The van der Waals surface area contributed by atoms with E-state index in [0.29, 0.717) is 78.5 Å². The van der Waals surface area contributed by atoms with E-state index in [1.165, 1.54) is 7.11 Å². The molecule has 0 spiro atoms. The SMILES string of the molecule is COc1cc(OC)c(-c2cn3cc(NCCN)c(N4CCOCC4)c(F)c3n2)cc1Cl. The maximum absolute atomic E-state index is 15.7. The van der Waals surface area contributed by atoms with E-state index >= 15 is 4.39 Å². The maximum atomic E-state index is 15.7. The number of ether oxygens (including phenoxy) is 3. The lowest BCUT2D eigenvalue weighted by Gasteiger charge is -2.31. The number of rotatable bonds is 7. The first-order chi connectivity index (χ1) is 15.1. The number of methoxy groups -OCH3 is 2. The van der Waals surface area contributed by atoms with Gasteiger partial charge in [0, 0.05) is 50.2 Å². The smallest absolute Gasteiger partial charge is 0.191 e. The molecule has 1 saturated heterocycles. The van der Waals surface area contributed by atoms with Gasteiger partial charge in [0.25, 0.3) is 0 Å². The maximum Gasteiger partial charge on any atom is 0.191 e. The molecule has 31 heavy (non-hydrogen) atoms. The number of hydrogen-bond acceptors (Lipinski definition) is 7. The standard InChI is InChI=1S/C21H25ClFN5O3/c1-29-17-10-18(30-2)14(22)9-13(17)15-11-28-12-16(25-4-3-24)20(19(23)21(28)26-15)27-5-7-31-8-6-27/h9-12,25H,3-8,24H2,1-2H3. The summed E-state index contributed by atoms with van der Waals surface area (Å²) in [5, 5.41) is 3.64. The molecule has 0 aliphatic carbocycles. The zero-order valence-electron chi connectivity index (χ0n) is 17.5. The Balaban J connectivity index is 1.86. The molecule has 3 heterocycles. The van der Waals surface area contributed by atoms with Crippen molar-refractivity contribution >= 4 is 28.6 Å². The van der Waals surface area contributed by atoms with Crippen LogP contribution in [0.2, 0.25) is 5.02 Å². The summed E-state index contributed by atoms with van der Waals surface area (Å²) in [5.74, 6) is 0.605. The Morgan fingerprint density at radius 2 is 1.94 bits per heavy atom. The van der Waals surface area contributed by atoms with Crippen molar-refractivity contribution in [3.63, 3.8) is 0 Å². The van der Waals surface area contributed by atoms with Gasteiger partial charge in [-0.25, -0.2) is 9.37 Å². The number of nitrogens with two attached hydrogens (primary N) is 1. The summed E-state index contributed by atoms with van der Waals surface area (Å²) in [6.45, 7) is 3.23. The number of imidazole rings is 1. The number of nitrogens with one attached hydrogen (secondary N) is 1. The van der Waals surface area contributed by atoms with Gasteiger partial charge >= 0.3 is 0 Å². The molecule has 0 atom stereocenters. The van der Waals surface area contributed by atoms with E-state index in [1.807, 2.05) is 11.1 Å². The highest BCUT2D eigenvalue weighted by atomic mass is 35.5. The first kappa shape index (κ1) is 21.5. The lowest BCUT2D eigenvalue weighted by atomic mass is 10.1. The number of morpholine rings is 1. The fourth-order valence-corrected chi connectivity index (χ4v) is 3.94. The zero-order chi connectivity index (χ0) is 22.0. The molecule has 8 nitrogen and oxygen atoms in total. The molecule has 3 aromatic rings. The summed E-state index contributed by atoms with van der Waals surface area (Å²) in [4.78, 5) is 6.53. The molecule has 10 heteroatoms. The molecule has 0 radical (unpaired) electrons. The van der Waals surface area contributed by atoms with Gasteiger partial charge in [-0.2, -0.15) is 0 Å². The van der Waals surface area contributed by atoms with E-state index in [-0.39, 0.29) is 5.65 Å². The Morgan fingerprint density at radius 1 is 1.19 bits per heavy atom. The molecule has 1 aliphatic rings. The van der Waals surface area contributed by atoms with Crippen LogP contribution in [-0.2, 0) is 4.74 Å². The fourth-order valence-electron chi connectivity index (χ4n) is 3.70. The van der Waals surface area contributed by atoms with E-state index in [9.17, 15) is 0 Å². The summed E-state index contributed by atoms with van der Waals surface area (Å²) in [7, 11) is 3.08. The Bertz CT molecular complexity index is 1080. The molecule has 0 bridgehead atoms. The topological polar surface area (TPSA) is 86.3 Å². The number of hydrogen-bond donors (Lipinski definition) is 2. The van der Waals surface area contributed by atoms with E-state index < -0.39 is 5.82 Å². The first-order valence-corrected chi connectivity index (χ1v) is 10.3. The Hall–Kier alpha value is -2.75. The molecule has 0 saturated carbocycles. The van der Waals surface area contributed by atoms with Crippen LogP contribution in [0.5, 0.6) is 11.5 Å². The van der Waals surface area contributed by atoms with Gasteiger partial charge in [0.15, 0.2) is 11.5 Å². The second kappa shape index (κ2) is 9.17. The molecule has 1 aromatic carbocycles. The number of halogens is 2. The van der Waals surface area contributed by atoms with Crippen molar-refractivity contribution in [2.75, 3.05) is 63.8 Å². The normalized spacial score (nSPS) is 14.2. The number of aromatic nitrogens is 2. The molecule has 4 rings (SSSR count). The third kappa shape index (κ3) is 4.08. The van der Waals surface area contributed by atoms with Gasteiger partial charge < -0.3 is 34.6 Å². The third-order valence-corrected chi connectivity index (χ3v) is 5.49. The quantitative estimate of drug-likeness (QED) is 0.573. The Morgan fingerprint density at radius 3 is 2.61 bits per heavy atom. The fraction of sp³-hybridized carbons (Fsp3) is 0.381. The largest absolute Gasteiger partial charge is 0.496 e. The van der Waals surface area contributed by atoms with Crippen molar-refractivity contribution in [2.24, 2.45) is 5.73 Å². The minimum absolute atomic E-state index is 0.212. The minimum atomic E-state index is -0.409. The summed E-state index contributed by atoms with van der Waals surface area (Å²) < 4.78 is 33.6. The molecular weight excluding hydrogens is 425 g/mol. The van der Waals surface area contributed by atoms with Crippen LogP contribution in [0.15, 0.2) is 24.5 Å². The number of pyridine rings is 1. The van der Waals surface area contributed by atoms with Gasteiger partial charge in [0.05, 0.1) is 43.8 Å². The van der Waals surface area contributed by atoms with Crippen molar-refractivity contribution in [2.45, 2.75) is 0 Å². The number of nitrogens with zero attached hydrogens (tertiary/aromatic N) is 3. The second-order valence-corrected chi connectivity index (χ2v) is 7.47. The lowest BCUT2D eigenvalue weighted by Crippen LogP contribution is -2.37. The van der Waals surface area contributed by atoms with E-state index in [1.54, 1.807) is 29.8 Å². The highest BCUT2D eigenvalue weighted by molar-refractivity contribution is 6.32. The average molecular weight is 450 g/mol. The lowest BCUT2D eigenvalue weighted by molar-refractivity contribution is 0.122. The monoisotopic (exact) mass is 449 g/mol. The van der Waals surface area contributed by atoms with E-state index in [2.05, 4.69) is 10.3 Å². The van der Waals surface area contributed by atoms with Crippen molar-refractivity contribution < 1.29 is 18.6 Å². The third-order valence-electron chi connectivity index (χ3n) is 5.20. The van der Waals surface area contributed by atoms with Crippen LogP contribution in [0.4, 0.5) is 15.8 Å². The molecule has 3 N–H and O–H groups in total. The van der Waals surface area contributed by atoms with Crippen LogP contribution < -0.4 is 25.4 Å². The number of anilines is 2. The van der Waals surface area contributed by atoms with E-state index in [4.69, 9.17) is 31.5 Å². The van der Waals surface area contributed by atoms with Crippen LogP contribution in [0.25, 0.3) is 16.9 Å². The zero-order valence-corrected chi connectivity index (χ0v) is 18.2. The predicted molar refractivity (Wildman–Crippen MR) is 119 cm³/mol. The first-order valence-electron chi connectivity index (χ1n) is 9.97. The van der Waals surface area contributed by atoms with Gasteiger partial charge in [-0.1, -0.05) is 11.6 Å². The minimum Gasteiger partial charge on any atom is -0.496 e. The number of benzene rings is 1. The number of fused-ring (bicyclic) bond motifs is 1. The van der Waals surface area contributed by atoms with Gasteiger partial charge in [0.2, 0.25) is 0 Å². The summed E-state index contributed by atoms with van der Waals surface area (Å²) >= 11 is 6.32. The Labute approximate surface area is 184 Å². The van der Waals surface area contributed by atoms with Crippen LogP contribution in [0, 0.1) is 5.82 Å². The van der Waals surface area contributed by atoms with Crippen LogP contribution >= 0.6 is 11.6 Å². The summed E-state index contributed by atoms with van der Waals surface area (Å²) in [6.07, 6.45) is 3.57. The van der Waals surface area contributed by atoms with Gasteiger partial charge in [-0.05, 0) is 6.07 Å². The van der Waals surface area contributed by atoms with Crippen LogP contribution in [0.1, 0.15) is 0 Å². The van der Waals surface area contributed by atoms with Gasteiger partial charge in [-0.3, -0.25) is 0 Å². The van der Waals surface area contributed by atoms with Gasteiger partial charge in [0.1, 0.15) is 17.2 Å². The second-order valence-electron chi connectivity index (χ2n) is 7.06.